The van der Waals surface area contributed by atoms with Crippen LogP contribution in [0.5, 0.6) is 0 Å². The molecule has 0 amide bonds. The van der Waals surface area contributed by atoms with E-state index in [2.05, 4.69) is 19.2 Å². The molecule has 3 N–H and O–H groups in total. The van der Waals surface area contributed by atoms with Gasteiger partial charge in [-0.2, -0.15) is 0 Å². The largest absolute Gasteiger partial charge is 0.398 e. The number of hydrogen-bond acceptors (Lipinski definition) is 3. The van der Waals surface area contributed by atoms with Crippen molar-refractivity contribution < 1.29 is 4.79 Å². The quantitative estimate of drug-likeness (QED) is 0.586. The number of nitrogens with one attached hydrogen (secondary N) is 1. The highest BCUT2D eigenvalue weighted by atomic mass is 16.1. The molecule has 1 aromatic rings. The van der Waals surface area contributed by atoms with E-state index < -0.39 is 0 Å². The Morgan fingerprint density at radius 2 is 2.00 bits per heavy atom. The molecule has 0 spiro atoms. The number of anilines is 2. The lowest BCUT2D eigenvalue weighted by Crippen LogP contribution is -2.13. The third-order valence-electron chi connectivity index (χ3n) is 3.18. The van der Waals surface area contributed by atoms with Gasteiger partial charge >= 0.3 is 0 Å². The smallest absolute Gasteiger partial charge is 0.161 e. The monoisotopic (exact) mass is 234 g/mol. The minimum atomic E-state index is 0.00804. The molecular weight excluding hydrogens is 212 g/mol. The minimum absolute atomic E-state index is 0.00804. The first-order valence-electron chi connectivity index (χ1n) is 6.22. The van der Waals surface area contributed by atoms with Gasteiger partial charge in [0.05, 0.1) is 0 Å². The molecule has 0 unspecified atom stereocenters. The van der Waals surface area contributed by atoms with E-state index in [9.17, 15) is 4.79 Å². The summed E-state index contributed by atoms with van der Waals surface area (Å²) in [5.41, 5.74) is 7.86. The van der Waals surface area contributed by atoms with Crippen LogP contribution in [0.3, 0.4) is 0 Å². The summed E-state index contributed by atoms with van der Waals surface area (Å²) in [4.78, 5) is 11.4. The molecule has 17 heavy (non-hydrogen) atoms. The maximum absolute atomic E-state index is 11.4. The summed E-state index contributed by atoms with van der Waals surface area (Å²) in [5, 5.41) is 3.36. The Labute approximate surface area is 103 Å². The summed E-state index contributed by atoms with van der Waals surface area (Å²) in [5.74, 6) is 0.682. The zero-order chi connectivity index (χ0) is 12.8. The first kappa shape index (κ1) is 13.6. The van der Waals surface area contributed by atoms with Gasteiger partial charge in [0.15, 0.2) is 5.78 Å². The van der Waals surface area contributed by atoms with Crippen LogP contribution >= 0.6 is 0 Å². The van der Waals surface area contributed by atoms with Crippen LogP contribution < -0.4 is 11.1 Å². The molecule has 0 saturated heterocycles. The van der Waals surface area contributed by atoms with Gasteiger partial charge < -0.3 is 11.1 Å². The predicted octanol–water partition coefficient (Wildman–Crippen LogP) is 3.32. The Hall–Kier alpha value is -1.51. The molecule has 3 heteroatoms. The number of hydrogen-bond donors (Lipinski definition) is 2. The number of benzene rings is 1. The fraction of sp³-hybridized carbons (Fsp3) is 0.500. The molecule has 0 aromatic heterocycles. The normalized spacial score (nSPS) is 10.6. The molecule has 0 aliphatic carbocycles. The summed E-state index contributed by atoms with van der Waals surface area (Å²) >= 11 is 0. The van der Waals surface area contributed by atoms with Crippen molar-refractivity contribution in [2.24, 2.45) is 5.92 Å². The number of nitrogen functional groups attached to an aromatic ring is 1. The summed E-state index contributed by atoms with van der Waals surface area (Å²) in [7, 11) is 0. The molecule has 0 saturated carbocycles. The SMILES string of the molecule is CCC(CC)CNc1ccc(N)c(C(C)=O)c1. The van der Waals surface area contributed by atoms with E-state index in [4.69, 9.17) is 5.73 Å². The molecule has 0 aliphatic heterocycles. The molecule has 0 heterocycles. The Morgan fingerprint density at radius 3 is 2.53 bits per heavy atom. The first-order valence-corrected chi connectivity index (χ1v) is 6.22. The maximum Gasteiger partial charge on any atom is 0.161 e. The fourth-order valence-electron chi connectivity index (χ4n) is 1.81. The van der Waals surface area contributed by atoms with Crippen molar-refractivity contribution in [2.75, 3.05) is 17.6 Å². The van der Waals surface area contributed by atoms with Gasteiger partial charge in [0, 0.05) is 23.5 Å². The molecule has 1 rings (SSSR count). The van der Waals surface area contributed by atoms with Crippen LogP contribution in [-0.4, -0.2) is 12.3 Å². The van der Waals surface area contributed by atoms with Crippen LogP contribution in [0.15, 0.2) is 18.2 Å². The molecule has 0 aliphatic rings. The molecule has 94 valence electrons. The molecule has 0 fully saturated rings. The van der Waals surface area contributed by atoms with E-state index in [0.29, 0.717) is 17.2 Å². The van der Waals surface area contributed by atoms with Crippen molar-refractivity contribution in [3.8, 4) is 0 Å². The lowest BCUT2D eigenvalue weighted by Gasteiger charge is -2.15. The highest BCUT2D eigenvalue weighted by Crippen LogP contribution is 2.19. The maximum atomic E-state index is 11.4. The van der Waals surface area contributed by atoms with Gasteiger partial charge in [-0.05, 0) is 31.0 Å². The number of carbonyl (C=O) groups excluding carboxylic acids is 1. The lowest BCUT2D eigenvalue weighted by molar-refractivity contribution is 0.101. The third-order valence-corrected chi connectivity index (χ3v) is 3.18. The van der Waals surface area contributed by atoms with Crippen molar-refractivity contribution in [3.63, 3.8) is 0 Å². The number of ketones is 1. The van der Waals surface area contributed by atoms with Gasteiger partial charge in [0.2, 0.25) is 0 Å². The number of nitrogens with two attached hydrogens (primary N) is 1. The number of carbonyl (C=O) groups is 1. The van der Waals surface area contributed by atoms with Crippen molar-refractivity contribution >= 4 is 17.2 Å². The van der Waals surface area contributed by atoms with E-state index in [0.717, 1.165) is 25.1 Å². The zero-order valence-electron chi connectivity index (χ0n) is 10.9. The van der Waals surface area contributed by atoms with Crippen LogP contribution in [0.2, 0.25) is 0 Å². The van der Waals surface area contributed by atoms with E-state index >= 15 is 0 Å². The average molecular weight is 234 g/mol. The number of Topliss-reactive ketones (excluding diaryl/α,β-unsaturated/α-hetero) is 1. The van der Waals surface area contributed by atoms with Crippen LogP contribution in [0, 0.1) is 5.92 Å². The van der Waals surface area contributed by atoms with Crippen LogP contribution in [-0.2, 0) is 0 Å². The third kappa shape index (κ3) is 3.77. The van der Waals surface area contributed by atoms with Crippen LogP contribution in [0.4, 0.5) is 11.4 Å². The topological polar surface area (TPSA) is 55.1 Å². The van der Waals surface area contributed by atoms with E-state index in [1.54, 1.807) is 6.07 Å². The minimum Gasteiger partial charge on any atom is -0.398 e. The fourth-order valence-corrected chi connectivity index (χ4v) is 1.81. The highest BCUT2D eigenvalue weighted by Gasteiger charge is 2.07. The second-order valence-electron chi connectivity index (χ2n) is 4.42. The number of rotatable bonds is 6. The molecule has 1 aromatic carbocycles. The zero-order valence-corrected chi connectivity index (χ0v) is 10.9. The molecular formula is C14H22N2O. The highest BCUT2D eigenvalue weighted by molar-refractivity contribution is 5.99. The summed E-state index contributed by atoms with van der Waals surface area (Å²) in [6.07, 6.45) is 2.33. The summed E-state index contributed by atoms with van der Waals surface area (Å²) < 4.78 is 0. The molecule has 3 nitrogen and oxygen atoms in total. The Kier molecular flexibility index (Phi) is 5.01. The lowest BCUT2D eigenvalue weighted by atomic mass is 10.0. The average Bonchev–Trinajstić information content (AvgIpc) is 2.32. The van der Waals surface area contributed by atoms with E-state index in [1.807, 2.05) is 12.1 Å². The molecule has 0 bridgehead atoms. The van der Waals surface area contributed by atoms with Crippen molar-refractivity contribution in [1.29, 1.82) is 0 Å². The predicted molar refractivity (Wildman–Crippen MR) is 73.4 cm³/mol. The van der Waals surface area contributed by atoms with Crippen molar-refractivity contribution in [3.05, 3.63) is 23.8 Å². The van der Waals surface area contributed by atoms with E-state index in [-0.39, 0.29) is 5.78 Å². The van der Waals surface area contributed by atoms with Gasteiger partial charge in [-0.1, -0.05) is 26.7 Å². The Bertz CT molecular complexity index is 384. The van der Waals surface area contributed by atoms with Crippen LogP contribution in [0.25, 0.3) is 0 Å². The van der Waals surface area contributed by atoms with Crippen LogP contribution in [0.1, 0.15) is 44.0 Å². The second-order valence-corrected chi connectivity index (χ2v) is 4.42. The second kappa shape index (κ2) is 6.28. The Morgan fingerprint density at radius 1 is 1.35 bits per heavy atom. The van der Waals surface area contributed by atoms with Crippen molar-refractivity contribution in [2.45, 2.75) is 33.6 Å². The summed E-state index contributed by atoms with van der Waals surface area (Å²) in [6, 6.07) is 5.54. The Balaban J connectivity index is 2.72. The molecule has 0 atom stereocenters. The first-order chi connectivity index (χ1) is 8.08. The van der Waals surface area contributed by atoms with Gasteiger partial charge in [-0.3, -0.25) is 4.79 Å². The molecule has 0 radical (unpaired) electrons. The summed E-state index contributed by atoms with van der Waals surface area (Å²) in [6.45, 7) is 6.87. The van der Waals surface area contributed by atoms with Gasteiger partial charge in [-0.25, -0.2) is 0 Å². The van der Waals surface area contributed by atoms with Gasteiger partial charge in [-0.15, -0.1) is 0 Å². The van der Waals surface area contributed by atoms with Gasteiger partial charge in [0.25, 0.3) is 0 Å². The van der Waals surface area contributed by atoms with E-state index in [1.165, 1.54) is 6.92 Å². The standard InChI is InChI=1S/C14H22N2O/c1-4-11(5-2)9-16-12-6-7-14(15)13(8-12)10(3)17/h6-8,11,16H,4-5,9,15H2,1-3H3. The van der Waals surface area contributed by atoms with Gasteiger partial charge in [0.1, 0.15) is 0 Å². The van der Waals surface area contributed by atoms with Crippen molar-refractivity contribution in [1.82, 2.24) is 0 Å².